The van der Waals surface area contributed by atoms with E-state index in [-0.39, 0.29) is 42.2 Å². The van der Waals surface area contributed by atoms with Crippen molar-refractivity contribution in [3.63, 3.8) is 0 Å². The van der Waals surface area contributed by atoms with Gasteiger partial charge in [0.05, 0.1) is 19.1 Å². The van der Waals surface area contributed by atoms with Crippen molar-refractivity contribution in [1.29, 1.82) is 0 Å². The molecule has 0 spiro atoms. The zero-order valence-electron chi connectivity index (χ0n) is 15.8. The molecule has 0 bridgehead atoms. The molecule has 3 N–H and O–H groups in total. The van der Waals surface area contributed by atoms with Gasteiger partial charge >= 0.3 is 0 Å². The Bertz CT molecular complexity index is 674. The van der Waals surface area contributed by atoms with Crippen LogP contribution < -0.4 is 15.8 Å². The van der Waals surface area contributed by atoms with Crippen molar-refractivity contribution in [2.75, 3.05) is 7.11 Å². The molecule has 0 heterocycles. The third kappa shape index (κ3) is 5.48. The Morgan fingerprint density at radius 1 is 0.962 bits per heavy atom. The smallest absolute Gasteiger partial charge is 0.225 e. The van der Waals surface area contributed by atoms with Gasteiger partial charge in [-0.15, -0.1) is 12.4 Å². The number of benzene rings is 2. The molecular weight excluding hydrogens is 348 g/mol. The Labute approximate surface area is 162 Å². The molecule has 2 aromatic carbocycles. The minimum absolute atomic E-state index is 0. The van der Waals surface area contributed by atoms with Crippen LogP contribution in [-0.2, 0) is 4.79 Å². The summed E-state index contributed by atoms with van der Waals surface area (Å²) >= 11 is 0. The number of rotatable bonds is 7. The fourth-order valence-corrected chi connectivity index (χ4v) is 2.86. The lowest BCUT2D eigenvalue weighted by molar-refractivity contribution is -0.126. The maximum absolute atomic E-state index is 12.8. The Kier molecular flexibility index (Phi) is 8.62. The van der Waals surface area contributed by atoms with Crippen LogP contribution in [0.25, 0.3) is 0 Å². The van der Waals surface area contributed by atoms with Gasteiger partial charge in [-0.05, 0) is 29.2 Å². The van der Waals surface area contributed by atoms with E-state index >= 15 is 0 Å². The minimum Gasteiger partial charge on any atom is -0.497 e. The number of carbonyl (C=O) groups excluding carboxylic acids is 1. The normalized spacial score (nSPS) is 14.1. The molecule has 0 saturated heterocycles. The second kappa shape index (κ2) is 10.2. The Morgan fingerprint density at radius 3 is 2.04 bits per heavy atom. The summed E-state index contributed by atoms with van der Waals surface area (Å²) in [5.41, 5.74) is 8.32. The minimum atomic E-state index is -0.329. The molecule has 1 amide bonds. The molecule has 0 fully saturated rings. The fourth-order valence-electron chi connectivity index (χ4n) is 2.86. The highest BCUT2D eigenvalue weighted by molar-refractivity contribution is 5.85. The highest BCUT2D eigenvalue weighted by atomic mass is 35.5. The lowest BCUT2D eigenvalue weighted by Gasteiger charge is -2.27. The molecule has 5 heteroatoms. The van der Waals surface area contributed by atoms with Gasteiger partial charge in [-0.3, -0.25) is 4.79 Å². The van der Waals surface area contributed by atoms with Crippen LogP contribution in [0, 0.1) is 11.8 Å². The molecule has 4 nitrogen and oxygen atoms in total. The number of amides is 1. The summed E-state index contributed by atoms with van der Waals surface area (Å²) in [6.07, 6.45) is 0. The first-order valence-corrected chi connectivity index (χ1v) is 8.69. The summed E-state index contributed by atoms with van der Waals surface area (Å²) in [7, 11) is 1.64. The van der Waals surface area contributed by atoms with E-state index in [9.17, 15) is 4.79 Å². The van der Waals surface area contributed by atoms with E-state index in [4.69, 9.17) is 10.5 Å². The van der Waals surface area contributed by atoms with Crippen LogP contribution in [0.1, 0.15) is 44.0 Å². The summed E-state index contributed by atoms with van der Waals surface area (Å²) in [5, 5.41) is 3.16. The first-order chi connectivity index (χ1) is 11.9. The van der Waals surface area contributed by atoms with E-state index in [0.29, 0.717) is 0 Å². The van der Waals surface area contributed by atoms with Crippen LogP contribution in [0.4, 0.5) is 0 Å². The molecule has 26 heavy (non-hydrogen) atoms. The number of hydrogen-bond donors (Lipinski definition) is 2. The van der Waals surface area contributed by atoms with Crippen LogP contribution >= 0.6 is 12.4 Å². The zero-order valence-corrected chi connectivity index (χ0v) is 16.6. The van der Waals surface area contributed by atoms with Crippen molar-refractivity contribution < 1.29 is 9.53 Å². The SMILES string of the molecule is COc1ccc(C(NC(=O)C(C)C(N)c2ccccc2)C(C)C)cc1.Cl. The van der Waals surface area contributed by atoms with Crippen molar-refractivity contribution >= 4 is 18.3 Å². The number of carbonyl (C=O) groups is 1. The van der Waals surface area contributed by atoms with Gasteiger partial charge in [0.15, 0.2) is 0 Å². The molecule has 0 aliphatic rings. The van der Waals surface area contributed by atoms with Gasteiger partial charge in [0.1, 0.15) is 5.75 Å². The average Bonchev–Trinajstić information content (AvgIpc) is 2.65. The standard InChI is InChI=1S/C21H28N2O2.ClH/c1-14(2)20(17-10-12-18(25-4)13-11-17)23-21(24)15(3)19(22)16-8-6-5-7-9-16;/h5-15,19-20H,22H2,1-4H3,(H,23,24);1H. The monoisotopic (exact) mass is 376 g/mol. The summed E-state index contributed by atoms with van der Waals surface area (Å²) < 4.78 is 5.21. The topological polar surface area (TPSA) is 64.3 Å². The Hall–Kier alpha value is -2.04. The number of hydrogen-bond acceptors (Lipinski definition) is 3. The van der Waals surface area contributed by atoms with E-state index in [0.717, 1.165) is 16.9 Å². The summed E-state index contributed by atoms with van der Waals surface area (Å²) in [5.74, 6) is 0.710. The quantitative estimate of drug-likeness (QED) is 0.758. The molecule has 142 valence electrons. The highest BCUT2D eigenvalue weighted by Crippen LogP contribution is 2.26. The molecule has 2 rings (SSSR count). The number of nitrogens with one attached hydrogen (secondary N) is 1. The zero-order chi connectivity index (χ0) is 18.4. The molecular formula is C21H29ClN2O2. The third-order valence-electron chi connectivity index (χ3n) is 4.58. The second-order valence-corrected chi connectivity index (χ2v) is 6.73. The Morgan fingerprint density at radius 2 is 1.54 bits per heavy atom. The van der Waals surface area contributed by atoms with E-state index in [2.05, 4.69) is 19.2 Å². The largest absolute Gasteiger partial charge is 0.497 e. The first kappa shape index (κ1) is 22.0. The maximum atomic E-state index is 12.8. The number of methoxy groups -OCH3 is 1. The number of nitrogens with two attached hydrogens (primary N) is 1. The molecule has 3 atom stereocenters. The maximum Gasteiger partial charge on any atom is 0.225 e. The molecule has 0 aliphatic heterocycles. The van der Waals surface area contributed by atoms with Gasteiger partial charge in [-0.2, -0.15) is 0 Å². The van der Waals surface area contributed by atoms with Gasteiger partial charge in [0.2, 0.25) is 5.91 Å². The molecule has 0 aromatic heterocycles. The molecule has 0 radical (unpaired) electrons. The summed E-state index contributed by atoms with van der Waals surface area (Å²) in [6, 6.07) is 17.1. The molecule has 2 aromatic rings. The van der Waals surface area contributed by atoms with Crippen LogP contribution in [0.2, 0.25) is 0 Å². The van der Waals surface area contributed by atoms with Crippen LogP contribution in [0.15, 0.2) is 54.6 Å². The van der Waals surface area contributed by atoms with Crippen molar-refractivity contribution in [1.82, 2.24) is 5.32 Å². The summed E-state index contributed by atoms with van der Waals surface area (Å²) in [6.45, 7) is 6.06. The van der Waals surface area contributed by atoms with Gasteiger partial charge in [0.25, 0.3) is 0 Å². The summed E-state index contributed by atoms with van der Waals surface area (Å²) in [4.78, 5) is 12.8. The lowest BCUT2D eigenvalue weighted by atomic mass is 9.92. The van der Waals surface area contributed by atoms with E-state index < -0.39 is 0 Å². The van der Waals surface area contributed by atoms with E-state index in [1.54, 1.807) is 7.11 Å². The van der Waals surface area contributed by atoms with Crippen molar-refractivity contribution in [2.24, 2.45) is 17.6 Å². The Balaban J connectivity index is 0.00000338. The third-order valence-corrected chi connectivity index (χ3v) is 4.58. The van der Waals surface area contributed by atoms with Crippen LogP contribution in [0.5, 0.6) is 5.75 Å². The van der Waals surface area contributed by atoms with Crippen molar-refractivity contribution in [2.45, 2.75) is 32.9 Å². The number of halogens is 1. The van der Waals surface area contributed by atoms with Crippen molar-refractivity contribution in [3.05, 3.63) is 65.7 Å². The molecule has 0 saturated carbocycles. The predicted octanol–water partition coefficient (Wildman–Crippen LogP) is 4.27. The van der Waals surface area contributed by atoms with E-state index in [1.807, 2.05) is 61.5 Å². The molecule has 0 aliphatic carbocycles. The fraction of sp³-hybridized carbons (Fsp3) is 0.381. The highest BCUT2D eigenvalue weighted by Gasteiger charge is 2.26. The first-order valence-electron chi connectivity index (χ1n) is 8.69. The van der Waals surface area contributed by atoms with E-state index in [1.165, 1.54) is 0 Å². The van der Waals surface area contributed by atoms with Gasteiger partial charge < -0.3 is 15.8 Å². The van der Waals surface area contributed by atoms with Gasteiger partial charge in [-0.25, -0.2) is 0 Å². The predicted molar refractivity (Wildman–Crippen MR) is 108 cm³/mol. The van der Waals surface area contributed by atoms with Gasteiger partial charge in [0, 0.05) is 6.04 Å². The lowest BCUT2D eigenvalue weighted by Crippen LogP contribution is -2.39. The number of ether oxygens (including phenoxy) is 1. The average molecular weight is 377 g/mol. The van der Waals surface area contributed by atoms with Crippen molar-refractivity contribution in [3.8, 4) is 5.75 Å². The van der Waals surface area contributed by atoms with Crippen LogP contribution in [-0.4, -0.2) is 13.0 Å². The van der Waals surface area contributed by atoms with Crippen LogP contribution in [0.3, 0.4) is 0 Å². The molecule has 3 unspecified atom stereocenters. The second-order valence-electron chi connectivity index (χ2n) is 6.73. The van der Waals surface area contributed by atoms with Gasteiger partial charge in [-0.1, -0.05) is 63.2 Å².